The molecule has 1 aromatic heterocycles. The van der Waals surface area contributed by atoms with E-state index in [4.69, 9.17) is 10.5 Å². The molecule has 2 heterocycles. The minimum Gasteiger partial charge on any atom is -0.467 e. The van der Waals surface area contributed by atoms with Crippen LogP contribution in [0.2, 0.25) is 0 Å². The van der Waals surface area contributed by atoms with E-state index in [9.17, 15) is 4.79 Å². The van der Waals surface area contributed by atoms with E-state index in [0.717, 1.165) is 5.82 Å². The molecule has 2 N–H and O–H groups in total. The smallest absolute Gasteiger partial charge is 0.336 e. The van der Waals surface area contributed by atoms with Crippen LogP contribution in [0.15, 0.2) is 18.3 Å². The van der Waals surface area contributed by atoms with E-state index in [0.29, 0.717) is 25.4 Å². The van der Waals surface area contributed by atoms with E-state index in [1.165, 1.54) is 7.11 Å². The third-order valence-electron chi connectivity index (χ3n) is 2.62. The van der Waals surface area contributed by atoms with Gasteiger partial charge in [-0.25, -0.2) is 9.78 Å². The summed E-state index contributed by atoms with van der Waals surface area (Å²) in [5, 5.41) is 0. The molecule has 1 unspecified atom stereocenters. The van der Waals surface area contributed by atoms with Gasteiger partial charge in [0.2, 0.25) is 0 Å². The lowest BCUT2D eigenvalue weighted by Crippen LogP contribution is -2.46. The number of pyridine rings is 1. The normalized spacial score (nSPS) is 20.1. The van der Waals surface area contributed by atoms with Gasteiger partial charge in [-0.3, -0.25) is 0 Å². The fraction of sp³-hybridized carbons (Fsp3) is 0.455. The molecule has 0 aliphatic carbocycles. The van der Waals surface area contributed by atoms with Crippen molar-refractivity contribution in [1.29, 1.82) is 0 Å². The Bertz CT molecular complexity index is 411. The lowest BCUT2D eigenvalue weighted by Gasteiger charge is -2.32. The second-order valence-corrected chi connectivity index (χ2v) is 3.78. The Morgan fingerprint density at radius 3 is 3.24 bits per heavy atom. The van der Waals surface area contributed by atoms with Gasteiger partial charge >= 0.3 is 5.97 Å². The predicted octanol–water partition coefficient (Wildman–Crippen LogP) is 0.0420. The second-order valence-electron chi connectivity index (χ2n) is 3.78. The fourth-order valence-electron chi connectivity index (χ4n) is 1.74. The first-order valence-electron chi connectivity index (χ1n) is 5.36. The molecule has 0 spiro atoms. The first-order chi connectivity index (χ1) is 8.20. The number of anilines is 2. The lowest BCUT2D eigenvalue weighted by molar-refractivity contribution is -0.154. The van der Waals surface area contributed by atoms with Crippen LogP contribution in [-0.2, 0) is 14.3 Å². The number of carbonyl (C=O) groups excluding carboxylic acids is 1. The number of hydrogen-bond acceptors (Lipinski definition) is 6. The molecule has 0 bridgehead atoms. The van der Waals surface area contributed by atoms with Gasteiger partial charge in [0, 0.05) is 24.5 Å². The number of carbonyl (C=O) groups is 1. The van der Waals surface area contributed by atoms with Crippen molar-refractivity contribution in [1.82, 2.24) is 4.98 Å². The average molecular weight is 237 g/mol. The SMILES string of the molecule is COC(=O)C1CN(c2cc(N)ccn2)CCO1. The van der Waals surface area contributed by atoms with E-state index >= 15 is 0 Å². The zero-order valence-electron chi connectivity index (χ0n) is 9.63. The molecule has 0 radical (unpaired) electrons. The number of aromatic nitrogens is 1. The molecule has 1 aromatic rings. The molecular formula is C11H15N3O3. The van der Waals surface area contributed by atoms with Gasteiger partial charge in [0.05, 0.1) is 20.3 Å². The molecule has 1 aliphatic rings. The lowest BCUT2D eigenvalue weighted by atomic mass is 10.2. The van der Waals surface area contributed by atoms with Crippen LogP contribution in [0.25, 0.3) is 0 Å². The van der Waals surface area contributed by atoms with Crippen LogP contribution < -0.4 is 10.6 Å². The Hall–Kier alpha value is -1.82. The van der Waals surface area contributed by atoms with Crippen LogP contribution in [0.4, 0.5) is 11.5 Å². The van der Waals surface area contributed by atoms with Crippen molar-refractivity contribution >= 4 is 17.5 Å². The Kier molecular flexibility index (Phi) is 3.43. The van der Waals surface area contributed by atoms with Crippen LogP contribution in [0.5, 0.6) is 0 Å². The number of ether oxygens (including phenoxy) is 2. The molecule has 1 fully saturated rings. The molecule has 0 amide bonds. The van der Waals surface area contributed by atoms with Crippen molar-refractivity contribution in [3.8, 4) is 0 Å². The molecule has 1 aliphatic heterocycles. The highest BCUT2D eigenvalue weighted by molar-refractivity contribution is 5.75. The molecule has 92 valence electrons. The molecule has 0 aromatic carbocycles. The van der Waals surface area contributed by atoms with Gasteiger partial charge in [-0.2, -0.15) is 0 Å². The number of nitrogens with zero attached hydrogens (tertiary/aromatic N) is 2. The van der Waals surface area contributed by atoms with Crippen LogP contribution in [0.3, 0.4) is 0 Å². The van der Waals surface area contributed by atoms with Gasteiger partial charge in [0.1, 0.15) is 5.82 Å². The van der Waals surface area contributed by atoms with Gasteiger partial charge in [-0.15, -0.1) is 0 Å². The zero-order valence-corrected chi connectivity index (χ0v) is 9.63. The Balaban J connectivity index is 2.09. The number of rotatable bonds is 2. The summed E-state index contributed by atoms with van der Waals surface area (Å²) in [5.41, 5.74) is 6.35. The van der Waals surface area contributed by atoms with Crippen LogP contribution in [0, 0.1) is 0 Å². The van der Waals surface area contributed by atoms with E-state index in [1.54, 1.807) is 18.3 Å². The molecule has 17 heavy (non-hydrogen) atoms. The molecule has 2 rings (SSSR count). The summed E-state index contributed by atoms with van der Waals surface area (Å²) in [6, 6.07) is 3.50. The molecule has 0 saturated carbocycles. The van der Waals surface area contributed by atoms with Gasteiger partial charge in [0.15, 0.2) is 6.10 Å². The van der Waals surface area contributed by atoms with Gasteiger partial charge in [-0.1, -0.05) is 0 Å². The van der Waals surface area contributed by atoms with Crippen molar-refractivity contribution < 1.29 is 14.3 Å². The first-order valence-corrected chi connectivity index (χ1v) is 5.36. The van der Waals surface area contributed by atoms with Crippen LogP contribution in [-0.4, -0.2) is 43.9 Å². The van der Waals surface area contributed by atoms with Crippen LogP contribution >= 0.6 is 0 Å². The molecule has 6 nitrogen and oxygen atoms in total. The molecular weight excluding hydrogens is 222 g/mol. The molecule has 1 saturated heterocycles. The maximum absolute atomic E-state index is 11.4. The monoisotopic (exact) mass is 237 g/mol. The van der Waals surface area contributed by atoms with Crippen molar-refractivity contribution in [2.75, 3.05) is 37.4 Å². The number of nitrogen functional groups attached to an aromatic ring is 1. The van der Waals surface area contributed by atoms with Crippen molar-refractivity contribution in [2.45, 2.75) is 6.10 Å². The minimum absolute atomic E-state index is 0.362. The summed E-state index contributed by atoms with van der Waals surface area (Å²) >= 11 is 0. The van der Waals surface area contributed by atoms with Crippen molar-refractivity contribution in [3.05, 3.63) is 18.3 Å². The summed E-state index contributed by atoms with van der Waals surface area (Å²) in [6.45, 7) is 1.59. The third-order valence-corrected chi connectivity index (χ3v) is 2.62. The van der Waals surface area contributed by atoms with Crippen molar-refractivity contribution in [2.24, 2.45) is 0 Å². The maximum atomic E-state index is 11.4. The number of methoxy groups -OCH3 is 1. The summed E-state index contributed by atoms with van der Waals surface area (Å²) < 4.78 is 10.00. The van der Waals surface area contributed by atoms with E-state index in [2.05, 4.69) is 9.72 Å². The summed E-state index contributed by atoms with van der Waals surface area (Å²) in [6.07, 6.45) is 1.09. The summed E-state index contributed by atoms with van der Waals surface area (Å²) in [5.74, 6) is 0.390. The highest BCUT2D eigenvalue weighted by atomic mass is 16.6. The highest BCUT2D eigenvalue weighted by Crippen LogP contribution is 2.17. The van der Waals surface area contributed by atoms with E-state index < -0.39 is 6.10 Å². The minimum atomic E-state index is -0.558. The zero-order chi connectivity index (χ0) is 12.3. The van der Waals surface area contributed by atoms with Crippen LogP contribution in [0.1, 0.15) is 0 Å². The second kappa shape index (κ2) is 5.01. The maximum Gasteiger partial charge on any atom is 0.336 e. The Labute approximate surface area is 99.3 Å². The van der Waals surface area contributed by atoms with Crippen molar-refractivity contribution in [3.63, 3.8) is 0 Å². The highest BCUT2D eigenvalue weighted by Gasteiger charge is 2.27. The summed E-state index contributed by atoms with van der Waals surface area (Å²) in [7, 11) is 1.35. The number of hydrogen-bond donors (Lipinski definition) is 1. The Morgan fingerprint density at radius 2 is 2.53 bits per heavy atom. The molecule has 6 heteroatoms. The standard InChI is InChI=1S/C11H15N3O3/c1-16-11(15)9-7-14(4-5-17-9)10-6-8(12)2-3-13-10/h2-3,6,9H,4-5,7H2,1H3,(H2,12,13). The number of esters is 1. The van der Waals surface area contributed by atoms with E-state index in [-0.39, 0.29) is 5.97 Å². The molecule has 1 atom stereocenters. The van der Waals surface area contributed by atoms with E-state index in [1.807, 2.05) is 4.90 Å². The third kappa shape index (κ3) is 2.65. The van der Waals surface area contributed by atoms with Gasteiger partial charge in [0.25, 0.3) is 0 Å². The largest absolute Gasteiger partial charge is 0.467 e. The first kappa shape index (κ1) is 11.7. The van der Waals surface area contributed by atoms with Gasteiger partial charge in [-0.05, 0) is 6.07 Å². The predicted molar refractivity (Wildman–Crippen MR) is 62.6 cm³/mol. The summed E-state index contributed by atoms with van der Waals surface area (Å²) in [4.78, 5) is 17.6. The topological polar surface area (TPSA) is 77.7 Å². The number of nitrogens with two attached hydrogens (primary N) is 1. The fourth-order valence-corrected chi connectivity index (χ4v) is 1.74. The number of morpholine rings is 1. The van der Waals surface area contributed by atoms with Gasteiger partial charge < -0.3 is 20.1 Å². The quantitative estimate of drug-likeness (QED) is 0.732. The average Bonchev–Trinajstić information content (AvgIpc) is 2.38. The Morgan fingerprint density at radius 1 is 1.71 bits per heavy atom.